The van der Waals surface area contributed by atoms with Crippen LogP contribution in [0.3, 0.4) is 0 Å². The van der Waals surface area contributed by atoms with Gasteiger partial charge in [0.1, 0.15) is 45.8 Å². The summed E-state index contributed by atoms with van der Waals surface area (Å²) in [5.74, 6) is 1.66. The molecule has 0 radical (unpaired) electrons. The van der Waals surface area contributed by atoms with Gasteiger partial charge in [-0.05, 0) is 159 Å². The second-order valence-corrected chi connectivity index (χ2v) is 32.5. The number of fused-ring (bicyclic) bond motifs is 4. The highest BCUT2D eigenvalue weighted by Gasteiger charge is 2.54. The van der Waals surface area contributed by atoms with Crippen LogP contribution in [0.5, 0.6) is 0 Å². The van der Waals surface area contributed by atoms with E-state index in [1.54, 1.807) is 56.0 Å². The molecule has 0 saturated heterocycles. The molecule has 0 saturated carbocycles. The van der Waals surface area contributed by atoms with Gasteiger partial charge in [0.15, 0.2) is 23.0 Å². The topological polar surface area (TPSA) is 209 Å². The van der Waals surface area contributed by atoms with Crippen molar-refractivity contribution in [3.63, 3.8) is 0 Å². The van der Waals surface area contributed by atoms with E-state index >= 15 is 19.2 Å². The molecule has 0 aliphatic carbocycles. The Morgan fingerprint density at radius 3 is 0.707 bits per heavy atom. The summed E-state index contributed by atoms with van der Waals surface area (Å²) in [6.07, 6.45) is 17.5. The van der Waals surface area contributed by atoms with Crippen LogP contribution in [0, 0.1) is 23.7 Å². The first-order chi connectivity index (χ1) is 56.3. The molecular formula is C98H112N6O12. The average Bonchev–Trinajstić information content (AvgIpc) is 1.56. The van der Waals surface area contributed by atoms with Gasteiger partial charge in [-0.25, -0.2) is 0 Å². The number of amides is 8. The summed E-state index contributed by atoms with van der Waals surface area (Å²) < 4.78 is 27.4. The fraction of sp³-hybridized carbons (Fsp3) is 0.429. The van der Waals surface area contributed by atoms with Crippen LogP contribution in [-0.2, 0) is 19.2 Å². The Bertz CT molecular complexity index is 4890. The molecule has 4 atom stereocenters. The van der Waals surface area contributed by atoms with Crippen LogP contribution in [0.1, 0.15) is 276 Å². The molecule has 8 amide bonds. The summed E-state index contributed by atoms with van der Waals surface area (Å²) in [6, 6.07) is 40.9. The summed E-state index contributed by atoms with van der Waals surface area (Å²) in [4.78, 5) is 128. The number of hydrogen-bond acceptors (Lipinski definition) is 12. The van der Waals surface area contributed by atoms with E-state index in [1.807, 2.05) is 125 Å². The number of rotatable bonds is 39. The van der Waals surface area contributed by atoms with Crippen molar-refractivity contribution in [2.75, 3.05) is 26.2 Å². The van der Waals surface area contributed by atoms with E-state index in [4.69, 9.17) is 17.7 Å². The highest BCUT2D eigenvalue weighted by atomic mass is 16.4. The largest absolute Gasteiger partial charge is 0.455 e. The molecule has 18 heteroatoms. The van der Waals surface area contributed by atoms with Crippen molar-refractivity contribution in [1.82, 2.24) is 29.4 Å². The standard InChI is InChI=1S/C98H112N6O12/c1-13-25-29-59(17-5)55-99-87(83-85(97(99)111)89(101(95(83)109)57-61(19-7)31-27-15-3)81-51-47-77(115-81)67-41-43-71-73(53-67)93(107)103(91(71)105)69(21-9)22-10)79-49-45-75(113-79)65-37-33-63(34-38-65)64-35-39-66(40-36-64)76-46-50-80(114-76)88-84-86(98(112)100(88)56-60(18-6)30-26-14-2)90(102(96(84)110)58-62(20-8)32-28-16-4)82-52-48-78(116-82)68-42-44-72-74(54-68)94(108)104(92(72)106)70(23-11)24-12/h33-54,59-62,69-70H,13-32,55-58H2,1-12H3. The minimum absolute atomic E-state index is 0.137. The number of unbranched alkanes of at least 4 members (excludes halogenated alkanes) is 4. The quantitative estimate of drug-likeness (QED) is 0.0330. The summed E-state index contributed by atoms with van der Waals surface area (Å²) in [5, 5.41) is 0. The summed E-state index contributed by atoms with van der Waals surface area (Å²) in [6.45, 7) is 26.7. The molecule has 4 aromatic heterocycles. The molecule has 0 fully saturated rings. The monoisotopic (exact) mass is 1560 g/mol. The lowest BCUT2D eigenvalue weighted by Gasteiger charge is -2.28. The first-order valence-electron chi connectivity index (χ1n) is 43.3. The normalized spacial score (nSPS) is 16.7. The second-order valence-electron chi connectivity index (χ2n) is 32.5. The van der Waals surface area contributed by atoms with Crippen molar-refractivity contribution in [3.8, 4) is 56.4 Å². The van der Waals surface area contributed by atoms with Gasteiger partial charge in [0.05, 0.1) is 44.5 Å². The lowest BCUT2D eigenvalue weighted by Crippen LogP contribution is -2.39. The van der Waals surface area contributed by atoms with Crippen LogP contribution < -0.4 is 0 Å². The maximum Gasteiger partial charge on any atom is 0.261 e. The van der Waals surface area contributed by atoms with Gasteiger partial charge in [0, 0.05) is 60.5 Å². The molecular weight excluding hydrogens is 1450 g/mol. The number of furan rings is 4. The lowest BCUT2D eigenvalue weighted by molar-refractivity contribution is -0.124. The number of nitrogens with zero attached hydrogens (tertiary/aromatic N) is 6. The van der Waals surface area contributed by atoms with Gasteiger partial charge in [-0.15, -0.1) is 0 Å². The highest BCUT2D eigenvalue weighted by Crippen LogP contribution is 2.52. The van der Waals surface area contributed by atoms with Crippen LogP contribution in [-0.4, -0.2) is 115 Å². The Hall–Kier alpha value is -10.9. The highest BCUT2D eigenvalue weighted by molar-refractivity contribution is 6.31. The van der Waals surface area contributed by atoms with Crippen LogP contribution in [0.15, 0.2) is 173 Å². The lowest BCUT2D eigenvalue weighted by atomic mass is 9.98. The molecule has 4 unspecified atom stereocenters. The molecule has 0 bridgehead atoms. The van der Waals surface area contributed by atoms with E-state index in [0.717, 1.165) is 125 Å². The van der Waals surface area contributed by atoms with Crippen molar-refractivity contribution in [2.24, 2.45) is 23.7 Å². The van der Waals surface area contributed by atoms with Gasteiger partial charge >= 0.3 is 0 Å². The van der Waals surface area contributed by atoms with E-state index in [2.05, 4.69) is 55.4 Å². The second kappa shape index (κ2) is 35.3. The maximum absolute atomic E-state index is 15.7. The zero-order valence-corrected chi connectivity index (χ0v) is 69.7. The Morgan fingerprint density at radius 1 is 0.241 bits per heavy atom. The van der Waals surface area contributed by atoms with Crippen molar-refractivity contribution in [3.05, 3.63) is 201 Å². The van der Waals surface area contributed by atoms with Gasteiger partial charge in [-0.2, -0.15) is 0 Å². The Balaban J connectivity index is 0.772. The maximum atomic E-state index is 15.7. The molecule has 10 heterocycles. The van der Waals surface area contributed by atoms with E-state index in [0.29, 0.717) is 154 Å². The molecule has 606 valence electrons. The minimum atomic E-state index is -0.327. The Labute approximate surface area is 682 Å². The third-order valence-corrected chi connectivity index (χ3v) is 25.3. The fourth-order valence-corrected chi connectivity index (χ4v) is 18.1. The van der Waals surface area contributed by atoms with Crippen LogP contribution >= 0.6 is 0 Å². The summed E-state index contributed by atoms with van der Waals surface area (Å²) in [7, 11) is 0. The molecule has 0 N–H and O–H groups in total. The fourth-order valence-electron chi connectivity index (χ4n) is 18.1. The first-order valence-corrected chi connectivity index (χ1v) is 43.3. The van der Waals surface area contributed by atoms with Crippen LogP contribution in [0.25, 0.3) is 79.2 Å². The van der Waals surface area contributed by atoms with Gasteiger partial charge in [0.2, 0.25) is 0 Å². The minimum Gasteiger partial charge on any atom is -0.455 e. The average molecular weight is 1570 g/mol. The van der Waals surface area contributed by atoms with E-state index in [1.165, 1.54) is 9.80 Å². The van der Waals surface area contributed by atoms with Gasteiger partial charge in [0.25, 0.3) is 47.3 Å². The van der Waals surface area contributed by atoms with Crippen LogP contribution in [0.2, 0.25) is 0 Å². The van der Waals surface area contributed by atoms with Gasteiger partial charge < -0.3 is 37.3 Å². The molecule has 6 aliphatic rings. The van der Waals surface area contributed by atoms with Crippen LogP contribution in [0.4, 0.5) is 0 Å². The Kier molecular flexibility index (Phi) is 24.9. The van der Waals surface area contributed by atoms with Gasteiger partial charge in [-0.3, -0.25) is 48.2 Å². The third kappa shape index (κ3) is 15.1. The van der Waals surface area contributed by atoms with Crippen molar-refractivity contribution in [2.45, 2.75) is 224 Å². The zero-order chi connectivity index (χ0) is 81.9. The zero-order valence-electron chi connectivity index (χ0n) is 69.7. The molecule has 6 aliphatic heterocycles. The van der Waals surface area contributed by atoms with E-state index in [9.17, 15) is 19.2 Å². The molecule has 0 spiro atoms. The number of carbonyl (C=O) groups is 8. The number of carbonyl (C=O) groups excluding carboxylic acids is 8. The Morgan fingerprint density at radius 2 is 0.466 bits per heavy atom. The SMILES string of the molecule is CCCCC(CC)CN1C(=O)C2=C(c3ccc(-c4ccc5c(c4)C(=O)N(C(CC)CC)C5=O)o3)N(CC(CC)CCCC)C(=O)C2=C1c1ccc(-c2ccc(-c3ccc(-c4ccc(C5=C6C(=O)N(CC(CC)CCCC)C(c7ccc(-c8ccc9c(c8)C(=O)N(C(CC)CC)C9=O)o7)=C6C(=O)N5CC(CC)CCCC)o4)cc3)cc2)o1. The molecule has 14 rings (SSSR count). The molecule has 18 nitrogen and oxygen atoms in total. The number of hydrogen-bond donors (Lipinski definition) is 0. The number of imide groups is 2. The van der Waals surface area contributed by atoms with Crippen molar-refractivity contribution in [1.29, 1.82) is 0 Å². The first kappa shape index (κ1) is 81.7. The summed E-state index contributed by atoms with van der Waals surface area (Å²) >= 11 is 0. The van der Waals surface area contributed by atoms with Crippen molar-refractivity contribution < 1.29 is 56.0 Å². The molecule has 8 aromatic rings. The third-order valence-electron chi connectivity index (χ3n) is 25.3. The van der Waals surface area contributed by atoms with E-state index < -0.39 is 0 Å². The summed E-state index contributed by atoms with van der Waals surface area (Å²) in [5.41, 5.74) is 8.90. The van der Waals surface area contributed by atoms with Crippen molar-refractivity contribution >= 4 is 70.0 Å². The van der Waals surface area contributed by atoms with Gasteiger partial charge in [-0.1, -0.05) is 221 Å². The van der Waals surface area contributed by atoms with E-state index in [-0.39, 0.29) is 105 Å². The molecule has 116 heavy (non-hydrogen) atoms. The number of benzene rings is 4. The smallest absolute Gasteiger partial charge is 0.261 e. The molecule has 4 aromatic carbocycles. The predicted octanol–water partition coefficient (Wildman–Crippen LogP) is 22.4. The predicted molar refractivity (Wildman–Crippen MR) is 453 cm³/mol.